The van der Waals surface area contributed by atoms with Crippen molar-refractivity contribution in [3.63, 3.8) is 0 Å². The molecule has 1 aliphatic carbocycles. The van der Waals surface area contributed by atoms with Gasteiger partial charge >= 0.3 is 0 Å². The smallest absolute Gasteiger partial charge is 0.191 e. The van der Waals surface area contributed by atoms with E-state index in [-0.39, 0.29) is 5.41 Å². The minimum absolute atomic E-state index is 0.224. The van der Waals surface area contributed by atoms with Crippen molar-refractivity contribution in [3.05, 3.63) is 64.4 Å². The summed E-state index contributed by atoms with van der Waals surface area (Å²) in [5.41, 5.74) is 2.61. The molecule has 1 aliphatic rings. The summed E-state index contributed by atoms with van der Waals surface area (Å²) in [7, 11) is 0. The van der Waals surface area contributed by atoms with E-state index < -0.39 is 0 Å². The highest BCUT2D eigenvalue weighted by Gasteiger charge is 2.38. The van der Waals surface area contributed by atoms with Crippen molar-refractivity contribution in [3.8, 4) is 0 Å². The SMILES string of the molecule is CCNC(=NCc1ccccn1)NCC1(c2ccc(Br)cc2)CCC1. The molecule has 0 radical (unpaired) electrons. The van der Waals surface area contributed by atoms with Gasteiger partial charge in [-0.3, -0.25) is 4.98 Å². The fourth-order valence-corrected chi connectivity index (χ4v) is 3.49. The Morgan fingerprint density at radius 1 is 1.16 bits per heavy atom. The van der Waals surface area contributed by atoms with Gasteiger partial charge in [-0.1, -0.05) is 40.5 Å². The maximum atomic E-state index is 4.68. The van der Waals surface area contributed by atoms with Crippen LogP contribution in [0.4, 0.5) is 0 Å². The molecule has 3 rings (SSSR count). The zero-order valence-electron chi connectivity index (χ0n) is 14.6. The van der Waals surface area contributed by atoms with Crippen LogP contribution in [0.3, 0.4) is 0 Å². The summed E-state index contributed by atoms with van der Waals surface area (Å²) in [4.78, 5) is 9.01. The van der Waals surface area contributed by atoms with Gasteiger partial charge in [-0.15, -0.1) is 0 Å². The van der Waals surface area contributed by atoms with Crippen LogP contribution in [0, 0.1) is 0 Å². The molecule has 2 N–H and O–H groups in total. The van der Waals surface area contributed by atoms with Crippen LogP contribution < -0.4 is 10.6 Å². The van der Waals surface area contributed by atoms with E-state index in [2.05, 4.69) is 67.7 Å². The van der Waals surface area contributed by atoms with Crippen molar-refractivity contribution in [2.75, 3.05) is 13.1 Å². The van der Waals surface area contributed by atoms with Crippen molar-refractivity contribution in [2.45, 2.75) is 38.1 Å². The van der Waals surface area contributed by atoms with Gasteiger partial charge in [-0.25, -0.2) is 4.99 Å². The number of benzene rings is 1. The Morgan fingerprint density at radius 3 is 2.56 bits per heavy atom. The van der Waals surface area contributed by atoms with Gasteiger partial charge in [0, 0.05) is 29.2 Å². The number of aliphatic imine (C=N–C) groups is 1. The highest BCUT2D eigenvalue weighted by molar-refractivity contribution is 9.10. The van der Waals surface area contributed by atoms with Crippen LogP contribution >= 0.6 is 15.9 Å². The predicted molar refractivity (Wildman–Crippen MR) is 107 cm³/mol. The second kappa shape index (κ2) is 8.48. The minimum atomic E-state index is 0.224. The standard InChI is InChI=1S/C20H25BrN4/c1-2-22-19(24-14-18-6-3-4-13-23-18)25-15-20(11-5-12-20)16-7-9-17(21)10-8-16/h3-4,6-10,13H,2,5,11-12,14-15H2,1H3,(H2,22,24,25). The van der Waals surface area contributed by atoms with Gasteiger partial charge in [0.15, 0.2) is 5.96 Å². The van der Waals surface area contributed by atoms with Gasteiger partial charge in [0.1, 0.15) is 0 Å². The molecule has 132 valence electrons. The molecule has 0 saturated heterocycles. The lowest BCUT2D eigenvalue weighted by atomic mass is 9.64. The number of halogens is 1. The van der Waals surface area contributed by atoms with Crippen LogP contribution in [0.15, 0.2) is 58.1 Å². The summed E-state index contributed by atoms with van der Waals surface area (Å²) in [5, 5.41) is 6.88. The lowest BCUT2D eigenvalue weighted by molar-refractivity contribution is 0.244. The topological polar surface area (TPSA) is 49.3 Å². The van der Waals surface area contributed by atoms with Crippen LogP contribution in [0.5, 0.6) is 0 Å². The number of guanidine groups is 1. The Morgan fingerprint density at radius 2 is 1.96 bits per heavy atom. The summed E-state index contributed by atoms with van der Waals surface area (Å²) < 4.78 is 1.13. The number of nitrogens with zero attached hydrogens (tertiary/aromatic N) is 2. The van der Waals surface area contributed by atoms with Crippen LogP contribution in [-0.2, 0) is 12.0 Å². The number of aromatic nitrogens is 1. The third kappa shape index (κ3) is 4.60. The molecule has 0 unspecified atom stereocenters. The lowest BCUT2D eigenvalue weighted by Crippen LogP contribution is -2.48. The first-order valence-corrected chi connectivity index (χ1v) is 9.69. The van der Waals surface area contributed by atoms with Crippen molar-refractivity contribution >= 4 is 21.9 Å². The molecule has 2 aromatic rings. The number of nitrogens with one attached hydrogen (secondary N) is 2. The molecule has 0 bridgehead atoms. The van der Waals surface area contributed by atoms with E-state index in [1.54, 1.807) is 0 Å². The monoisotopic (exact) mass is 400 g/mol. The maximum absolute atomic E-state index is 4.68. The lowest BCUT2D eigenvalue weighted by Gasteiger charge is -2.43. The van der Waals surface area contributed by atoms with Gasteiger partial charge in [0.05, 0.1) is 12.2 Å². The fraction of sp³-hybridized carbons (Fsp3) is 0.400. The molecule has 1 saturated carbocycles. The predicted octanol–water partition coefficient (Wildman–Crippen LogP) is 4.02. The van der Waals surface area contributed by atoms with Crippen molar-refractivity contribution < 1.29 is 0 Å². The molecule has 1 aromatic heterocycles. The summed E-state index contributed by atoms with van der Waals surface area (Å²) >= 11 is 3.53. The van der Waals surface area contributed by atoms with E-state index in [0.717, 1.165) is 29.2 Å². The van der Waals surface area contributed by atoms with Gasteiger partial charge in [0.25, 0.3) is 0 Å². The second-order valence-corrected chi connectivity index (χ2v) is 7.43. The third-order valence-electron chi connectivity index (χ3n) is 4.83. The molecule has 4 nitrogen and oxygen atoms in total. The molecular weight excluding hydrogens is 376 g/mol. The Balaban J connectivity index is 1.66. The van der Waals surface area contributed by atoms with Crippen LogP contribution in [0.2, 0.25) is 0 Å². The summed E-state index contributed by atoms with van der Waals surface area (Å²) in [6.07, 6.45) is 5.55. The van der Waals surface area contributed by atoms with E-state index in [0.29, 0.717) is 6.54 Å². The maximum Gasteiger partial charge on any atom is 0.191 e. The number of hydrogen-bond donors (Lipinski definition) is 2. The molecule has 1 aromatic carbocycles. The first kappa shape index (κ1) is 17.9. The second-order valence-electron chi connectivity index (χ2n) is 6.51. The van der Waals surface area contributed by atoms with E-state index in [1.807, 2.05) is 24.4 Å². The van der Waals surface area contributed by atoms with Gasteiger partial charge in [-0.05, 0) is 49.6 Å². The normalized spacial score (nSPS) is 16.2. The molecule has 1 heterocycles. The average Bonchev–Trinajstić information content (AvgIpc) is 2.61. The van der Waals surface area contributed by atoms with E-state index in [9.17, 15) is 0 Å². The van der Waals surface area contributed by atoms with Gasteiger partial charge in [0.2, 0.25) is 0 Å². The molecule has 0 atom stereocenters. The number of hydrogen-bond acceptors (Lipinski definition) is 2. The summed E-state index contributed by atoms with van der Waals surface area (Å²) in [6.45, 7) is 4.43. The zero-order valence-corrected chi connectivity index (χ0v) is 16.2. The van der Waals surface area contributed by atoms with Crippen molar-refractivity contribution in [2.24, 2.45) is 4.99 Å². The average molecular weight is 401 g/mol. The van der Waals surface area contributed by atoms with E-state index in [4.69, 9.17) is 0 Å². The van der Waals surface area contributed by atoms with Crippen LogP contribution in [0.25, 0.3) is 0 Å². The van der Waals surface area contributed by atoms with Crippen molar-refractivity contribution in [1.29, 1.82) is 0 Å². The van der Waals surface area contributed by atoms with Crippen molar-refractivity contribution in [1.82, 2.24) is 15.6 Å². The number of rotatable bonds is 6. The largest absolute Gasteiger partial charge is 0.357 e. The Bertz CT molecular complexity index is 693. The first-order chi connectivity index (χ1) is 12.2. The molecule has 5 heteroatoms. The molecular formula is C20H25BrN4. The zero-order chi connectivity index (χ0) is 17.5. The minimum Gasteiger partial charge on any atom is -0.357 e. The van der Waals surface area contributed by atoms with E-state index in [1.165, 1.54) is 24.8 Å². The summed E-state index contributed by atoms with van der Waals surface area (Å²) in [6, 6.07) is 14.7. The molecule has 0 amide bonds. The number of pyridine rings is 1. The highest BCUT2D eigenvalue weighted by Crippen LogP contribution is 2.43. The molecule has 25 heavy (non-hydrogen) atoms. The third-order valence-corrected chi connectivity index (χ3v) is 5.36. The molecule has 0 spiro atoms. The van der Waals surface area contributed by atoms with E-state index >= 15 is 0 Å². The summed E-state index contributed by atoms with van der Waals surface area (Å²) in [5.74, 6) is 0.858. The van der Waals surface area contributed by atoms with Crippen LogP contribution in [-0.4, -0.2) is 24.0 Å². The fourth-order valence-electron chi connectivity index (χ4n) is 3.22. The van der Waals surface area contributed by atoms with Gasteiger partial charge < -0.3 is 10.6 Å². The Labute approximate surface area is 158 Å². The molecule has 0 aliphatic heterocycles. The molecule has 1 fully saturated rings. The van der Waals surface area contributed by atoms with Gasteiger partial charge in [-0.2, -0.15) is 0 Å². The Kier molecular flexibility index (Phi) is 6.08. The first-order valence-electron chi connectivity index (χ1n) is 8.90. The van der Waals surface area contributed by atoms with Crippen LogP contribution in [0.1, 0.15) is 37.4 Å². The Hall–Kier alpha value is -1.88. The quantitative estimate of drug-likeness (QED) is 0.568. The highest BCUT2D eigenvalue weighted by atomic mass is 79.9.